The van der Waals surface area contributed by atoms with Crippen LogP contribution in [0.5, 0.6) is 0 Å². The monoisotopic (exact) mass is 436 g/mol. The van der Waals surface area contributed by atoms with Gasteiger partial charge in [-0.15, -0.1) is 0 Å². The number of pyridine rings is 3. The Hall–Kier alpha value is -3.79. The average Bonchev–Trinajstić information content (AvgIpc) is 2.98. The Kier molecular flexibility index (Phi) is 5.38. The van der Waals surface area contributed by atoms with E-state index < -0.39 is 10.0 Å². The Morgan fingerprint density at radius 2 is 1.74 bits per heavy atom. The van der Waals surface area contributed by atoms with Crippen LogP contribution in [0.15, 0.2) is 76.9 Å². The van der Waals surface area contributed by atoms with Gasteiger partial charge in [-0.1, -0.05) is 12.1 Å². The summed E-state index contributed by atoms with van der Waals surface area (Å²) >= 11 is 0. The minimum atomic E-state index is -3.85. The first-order valence-corrected chi connectivity index (χ1v) is 10.9. The third-order valence-electron chi connectivity index (χ3n) is 4.91. The molecule has 31 heavy (non-hydrogen) atoms. The van der Waals surface area contributed by atoms with Gasteiger partial charge in [-0.25, -0.2) is 13.4 Å². The van der Waals surface area contributed by atoms with Gasteiger partial charge in [0.1, 0.15) is 10.7 Å². The summed E-state index contributed by atoms with van der Waals surface area (Å²) in [6, 6.07) is 11.5. The summed E-state index contributed by atoms with van der Waals surface area (Å²) in [6.07, 6.45) is 6.59. The Bertz CT molecular complexity index is 1380. The van der Waals surface area contributed by atoms with Crippen LogP contribution in [-0.2, 0) is 23.5 Å². The van der Waals surface area contributed by atoms with Gasteiger partial charge in [0.05, 0.1) is 0 Å². The molecule has 0 saturated heterocycles. The zero-order valence-corrected chi connectivity index (χ0v) is 17.7. The number of nitrogens with one attached hydrogen (secondary N) is 1. The largest absolute Gasteiger partial charge is 0.284 e. The molecule has 4 aromatic rings. The molecular formula is C21H20N6O3S. The van der Waals surface area contributed by atoms with Gasteiger partial charge >= 0.3 is 0 Å². The fourth-order valence-electron chi connectivity index (χ4n) is 3.23. The summed E-state index contributed by atoms with van der Waals surface area (Å²) in [5.41, 5.74) is 2.12. The second-order valence-electron chi connectivity index (χ2n) is 6.92. The van der Waals surface area contributed by atoms with Crippen molar-refractivity contribution in [1.82, 2.24) is 24.3 Å². The maximum atomic E-state index is 13.2. The second-order valence-corrected chi connectivity index (χ2v) is 8.60. The van der Waals surface area contributed by atoms with E-state index in [-0.39, 0.29) is 16.3 Å². The average molecular weight is 436 g/mol. The van der Waals surface area contributed by atoms with Crippen LogP contribution in [0, 0.1) is 6.92 Å². The van der Waals surface area contributed by atoms with Gasteiger partial charge in [-0.2, -0.15) is 4.68 Å². The lowest BCUT2D eigenvalue weighted by molar-refractivity contribution is 0.600. The molecule has 0 radical (unpaired) electrons. The highest BCUT2D eigenvalue weighted by molar-refractivity contribution is 7.92. The quantitative estimate of drug-likeness (QED) is 0.495. The van der Waals surface area contributed by atoms with E-state index in [1.807, 2.05) is 19.1 Å². The molecule has 1 N–H and O–H groups in total. The lowest BCUT2D eigenvalue weighted by Crippen LogP contribution is -2.23. The van der Waals surface area contributed by atoms with Crippen LogP contribution in [0.1, 0.15) is 16.8 Å². The van der Waals surface area contributed by atoms with Crippen molar-refractivity contribution in [3.8, 4) is 5.82 Å². The number of hydrogen-bond donors (Lipinski definition) is 1. The number of hydrogen-bond acceptors (Lipinski definition) is 6. The first kappa shape index (κ1) is 20.5. The molecule has 0 saturated carbocycles. The van der Waals surface area contributed by atoms with E-state index in [0.29, 0.717) is 17.8 Å². The van der Waals surface area contributed by atoms with Gasteiger partial charge in [-0.3, -0.25) is 24.2 Å². The summed E-state index contributed by atoms with van der Waals surface area (Å²) in [6.45, 7) is 1.86. The lowest BCUT2D eigenvalue weighted by atomic mass is 10.1. The first-order valence-electron chi connectivity index (χ1n) is 9.43. The van der Waals surface area contributed by atoms with E-state index in [2.05, 4.69) is 19.7 Å². The Morgan fingerprint density at radius 1 is 1.00 bits per heavy atom. The molecule has 0 aliphatic heterocycles. The summed E-state index contributed by atoms with van der Waals surface area (Å²) in [5.74, 6) is 0.403. The molecule has 9 nitrogen and oxygen atoms in total. The van der Waals surface area contributed by atoms with Crippen molar-refractivity contribution in [2.45, 2.75) is 18.2 Å². The Labute approximate surface area is 179 Å². The van der Waals surface area contributed by atoms with Crippen LogP contribution in [0.4, 0.5) is 5.82 Å². The van der Waals surface area contributed by atoms with Crippen LogP contribution < -0.4 is 10.3 Å². The van der Waals surface area contributed by atoms with Crippen molar-refractivity contribution < 1.29 is 8.42 Å². The highest BCUT2D eigenvalue weighted by Crippen LogP contribution is 2.16. The van der Waals surface area contributed by atoms with Gasteiger partial charge in [0.25, 0.3) is 15.6 Å². The molecule has 0 unspecified atom stereocenters. The topological polar surface area (TPSA) is 112 Å². The smallest absolute Gasteiger partial charge is 0.276 e. The molecule has 0 bridgehead atoms. The van der Waals surface area contributed by atoms with Crippen molar-refractivity contribution in [1.29, 1.82) is 0 Å². The summed E-state index contributed by atoms with van der Waals surface area (Å²) in [5, 5.41) is 0. The molecule has 0 aromatic carbocycles. The zero-order chi connectivity index (χ0) is 22.0. The van der Waals surface area contributed by atoms with Crippen LogP contribution in [0.25, 0.3) is 5.82 Å². The normalized spacial score (nSPS) is 11.4. The lowest BCUT2D eigenvalue weighted by Gasteiger charge is -2.10. The minimum absolute atomic E-state index is 0.0211. The van der Waals surface area contributed by atoms with Gasteiger partial charge in [0.15, 0.2) is 5.82 Å². The summed E-state index contributed by atoms with van der Waals surface area (Å²) < 4.78 is 30.7. The third-order valence-corrected chi connectivity index (χ3v) is 6.25. The molecule has 0 atom stereocenters. The zero-order valence-electron chi connectivity index (χ0n) is 16.9. The molecule has 0 aliphatic carbocycles. The first-order chi connectivity index (χ1) is 14.9. The summed E-state index contributed by atoms with van der Waals surface area (Å²) in [4.78, 5) is 25.5. The predicted molar refractivity (Wildman–Crippen MR) is 116 cm³/mol. The maximum Gasteiger partial charge on any atom is 0.276 e. The van der Waals surface area contributed by atoms with Gasteiger partial charge in [-0.05, 0) is 42.8 Å². The molecule has 0 amide bonds. The maximum absolute atomic E-state index is 13.2. The number of rotatable bonds is 6. The molecule has 4 heterocycles. The molecule has 0 spiro atoms. The van der Waals surface area contributed by atoms with Crippen molar-refractivity contribution >= 4 is 15.8 Å². The standard InChI is InChI=1S/C21H20N6O3S/c1-15-18(12-16-6-4-10-22-13-16)21(28)27(26(15)2)20-9-3-8-19(24-20)25-31(29,30)17-7-5-11-23-14-17/h3-11,13-14H,12H2,1-2H3,(H,24,25). The fraction of sp³-hybridized carbons (Fsp3) is 0.143. The van der Waals surface area contributed by atoms with E-state index in [4.69, 9.17) is 0 Å². The molecule has 158 valence electrons. The predicted octanol–water partition coefficient (Wildman–Crippen LogP) is 2.06. The van der Waals surface area contributed by atoms with Crippen LogP contribution in [0.2, 0.25) is 0 Å². The minimum Gasteiger partial charge on any atom is -0.284 e. The van der Waals surface area contributed by atoms with E-state index in [1.165, 1.54) is 35.3 Å². The van der Waals surface area contributed by atoms with E-state index in [0.717, 1.165) is 11.3 Å². The van der Waals surface area contributed by atoms with Crippen molar-refractivity contribution in [2.75, 3.05) is 4.72 Å². The van der Waals surface area contributed by atoms with Crippen molar-refractivity contribution in [3.05, 3.63) is 94.4 Å². The van der Waals surface area contributed by atoms with Crippen molar-refractivity contribution in [2.24, 2.45) is 7.05 Å². The van der Waals surface area contributed by atoms with E-state index in [1.54, 1.807) is 36.3 Å². The fourth-order valence-corrected chi connectivity index (χ4v) is 4.20. The van der Waals surface area contributed by atoms with E-state index >= 15 is 0 Å². The number of sulfonamides is 1. The Balaban J connectivity index is 1.70. The third kappa shape index (κ3) is 4.10. The highest BCUT2D eigenvalue weighted by Gasteiger charge is 2.19. The molecule has 4 aromatic heterocycles. The van der Waals surface area contributed by atoms with Crippen LogP contribution in [-0.4, -0.2) is 32.7 Å². The highest BCUT2D eigenvalue weighted by atomic mass is 32.2. The van der Waals surface area contributed by atoms with Gasteiger partial charge in [0.2, 0.25) is 0 Å². The molecule has 0 aliphatic rings. The molecule has 10 heteroatoms. The number of anilines is 1. The molecule has 0 fully saturated rings. The summed E-state index contributed by atoms with van der Waals surface area (Å²) in [7, 11) is -2.09. The SMILES string of the molecule is Cc1c(Cc2cccnc2)c(=O)n(-c2cccc(NS(=O)(=O)c3cccnc3)n2)n1C. The van der Waals surface area contributed by atoms with E-state index in [9.17, 15) is 13.2 Å². The number of aromatic nitrogens is 5. The van der Waals surface area contributed by atoms with Gasteiger partial charge < -0.3 is 0 Å². The Morgan fingerprint density at radius 3 is 2.42 bits per heavy atom. The number of nitrogens with zero attached hydrogens (tertiary/aromatic N) is 5. The second kappa shape index (κ2) is 8.15. The molecular weight excluding hydrogens is 416 g/mol. The van der Waals surface area contributed by atoms with Crippen LogP contribution in [0.3, 0.4) is 0 Å². The molecule has 4 rings (SSSR count). The van der Waals surface area contributed by atoms with Gasteiger partial charge in [0, 0.05) is 49.5 Å². The van der Waals surface area contributed by atoms with Crippen LogP contribution >= 0.6 is 0 Å². The van der Waals surface area contributed by atoms with Crippen molar-refractivity contribution in [3.63, 3.8) is 0 Å².